The van der Waals surface area contributed by atoms with Crippen molar-refractivity contribution in [2.75, 3.05) is 11.0 Å². The fourth-order valence-electron chi connectivity index (χ4n) is 1.62. The highest BCUT2D eigenvalue weighted by Crippen LogP contribution is 2.27. The molecule has 3 nitrogen and oxygen atoms in total. The molecule has 0 aliphatic rings. The maximum Gasteiger partial charge on any atom is 0.262 e. The second-order valence-electron chi connectivity index (χ2n) is 3.91. The number of hydrogen-bond donors (Lipinski definition) is 1. The highest BCUT2D eigenvalue weighted by molar-refractivity contribution is 7.99. The lowest BCUT2D eigenvalue weighted by Gasteiger charge is -2.11. The molecule has 106 valence electrons. The summed E-state index contributed by atoms with van der Waals surface area (Å²) in [6.07, 6.45) is 1.80. The van der Waals surface area contributed by atoms with Crippen LogP contribution >= 0.6 is 11.8 Å². The predicted molar refractivity (Wildman–Crippen MR) is 75.4 cm³/mol. The third-order valence-electron chi connectivity index (χ3n) is 2.50. The molecule has 7 heteroatoms. The lowest BCUT2D eigenvalue weighted by Crippen LogP contribution is -2.14. The van der Waals surface area contributed by atoms with Gasteiger partial charge in [0.25, 0.3) is 10.0 Å². The van der Waals surface area contributed by atoms with Gasteiger partial charge in [0.2, 0.25) is 0 Å². The minimum atomic E-state index is -4.03. The number of halogens is 2. The van der Waals surface area contributed by atoms with Crippen LogP contribution in [0.4, 0.5) is 14.5 Å². The number of anilines is 1. The monoisotopic (exact) mass is 315 g/mol. The Morgan fingerprint density at radius 3 is 2.25 bits per heavy atom. The smallest absolute Gasteiger partial charge is 0.262 e. The third-order valence-corrected chi connectivity index (χ3v) is 4.64. The molecule has 2 aromatic rings. The number of rotatable bonds is 4. The van der Waals surface area contributed by atoms with E-state index in [0.717, 1.165) is 12.1 Å². The molecule has 0 amide bonds. The van der Waals surface area contributed by atoms with Crippen molar-refractivity contribution in [1.29, 1.82) is 0 Å². The van der Waals surface area contributed by atoms with Crippen LogP contribution in [0.15, 0.2) is 52.3 Å². The molecule has 0 unspecified atom stereocenters. The molecule has 2 rings (SSSR count). The van der Waals surface area contributed by atoms with Crippen LogP contribution < -0.4 is 4.72 Å². The van der Waals surface area contributed by atoms with E-state index in [1.165, 1.54) is 11.8 Å². The van der Waals surface area contributed by atoms with Crippen LogP contribution in [0.5, 0.6) is 0 Å². The molecule has 0 heterocycles. The summed E-state index contributed by atoms with van der Waals surface area (Å²) in [4.78, 5) is 0.263. The molecule has 0 fully saturated rings. The van der Waals surface area contributed by atoms with Crippen molar-refractivity contribution in [3.05, 3.63) is 54.1 Å². The topological polar surface area (TPSA) is 46.2 Å². The van der Waals surface area contributed by atoms with Gasteiger partial charge in [0.05, 0.1) is 10.6 Å². The summed E-state index contributed by atoms with van der Waals surface area (Å²) in [7, 11) is -4.03. The maximum atomic E-state index is 13.1. The second kappa shape index (κ2) is 5.80. The van der Waals surface area contributed by atoms with Gasteiger partial charge in [-0.2, -0.15) is 0 Å². The van der Waals surface area contributed by atoms with Crippen molar-refractivity contribution >= 4 is 27.5 Å². The second-order valence-corrected chi connectivity index (χ2v) is 6.44. The first-order valence-electron chi connectivity index (χ1n) is 5.54. The van der Waals surface area contributed by atoms with Gasteiger partial charge in [-0.25, -0.2) is 17.2 Å². The standard InChI is InChI=1S/C13H11F2NO2S2/c1-19-13-5-3-2-4-12(13)16-20(17,18)11-7-9(14)6-10(15)8-11/h2-8,16H,1H3. The van der Waals surface area contributed by atoms with Gasteiger partial charge in [0, 0.05) is 11.0 Å². The molecule has 20 heavy (non-hydrogen) atoms. The van der Waals surface area contributed by atoms with Crippen LogP contribution in [0, 0.1) is 11.6 Å². The van der Waals surface area contributed by atoms with Gasteiger partial charge in [0.15, 0.2) is 0 Å². The lowest BCUT2D eigenvalue weighted by atomic mass is 10.3. The molecule has 0 saturated carbocycles. The van der Waals surface area contributed by atoms with E-state index in [9.17, 15) is 17.2 Å². The number of sulfonamides is 1. The van der Waals surface area contributed by atoms with Gasteiger partial charge in [-0.3, -0.25) is 4.72 Å². The van der Waals surface area contributed by atoms with Gasteiger partial charge in [0.1, 0.15) is 11.6 Å². The molecule has 0 aliphatic carbocycles. The van der Waals surface area contributed by atoms with Crippen LogP contribution in [-0.2, 0) is 10.0 Å². The van der Waals surface area contributed by atoms with Crippen LogP contribution in [0.25, 0.3) is 0 Å². The summed E-state index contributed by atoms with van der Waals surface area (Å²) < 4.78 is 52.8. The minimum Gasteiger partial charge on any atom is -0.278 e. The molecule has 2 aromatic carbocycles. The Hall–Kier alpha value is -1.60. The number of nitrogens with one attached hydrogen (secondary N) is 1. The summed E-state index contributed by atoms with van der Waals surface area (Å²) in [5.41, 5.74) is 0.365. The summed E-state index contributed by atoms with van der Waals surface area (Å²) in [5.74, 6) is -1.88. The molecule has 0 aromatic heterocycles. The average Bonchev–Trinajstić information content (AvgIpc) is 2.38. The Kier molecular flexibility index (Phi) is 4.29. The molecular formula is C13H11F2NO2S2. The minimum absolute atomic E-state index is 0.365. The van der Waals surface area contributed by atoms with E-state index in [2.05, 4.69) is 4.72 Å². The van der Waals surface area contributed by atoms with E-state index >= 15 is 0 Å². The van der Waals surface area contributed by atoms with E-state index in [0.29, 0.717) is 16.6 Å². The quantitative estimate of drug-likeness (QED) is 0.879. The van der Waals surface area contributed by atoms with Crippen LogP contribution in [0.2, 0.25) is 0 Å². The van der Waals surface area contributed by atoms with Crippen molar-refractivity contribution in [1.82, 2.24) is 0 Å². The maximum absolute atomic E-state index is 13.1. The highest BCUT2D eigenvalue weighted by atomic mass is 32.2. The zero-order valence-electron chi connectivity index (χ0n) is 10.4. The molecule has 0 atom stereocenters. The largest absolute Gasteiger partial charge is 0.278 e. The highest BCUT2D eigenvalue weighted by Gasteiger charge is 2.17. The lowest BCUT2D eigenvalue weighted by molar-refractivity contribution is 0.568. The van der Waals surface area contributed by atoms with Gasteiger partial charge in [-0.1, -0.05) is 12.1 Å². The number of thioether (sulfide) groups is 1. The van der Waals surface area contributed by atoms with Crippen LogP contribution in [0.3, 0.4) is 0 Å². The third kappa shape index (κ3) is 3.29. The molecular weight excluding hydrogens is 304 g/mol. The van der Waals surface area contributed by atoms with Crippen molar-refractivity contribution in [2.45, 2.75) is 9.79 Å². The van der Waals surface area contributed by atoms with E-state index < -0.39 is 26.6 Å². The SMILES string of the molecule is CSc1ccccc1NS(=O)(=O)c1cc(F)cc(F)c1. The first kappa shape index (κ1) is 14.8. The van der Waals surface area contributed by atoms with E-state index in [1.54, 1.807) is 30.5 Å². The summed E-state index contributed by atoms with van der Waals surface area (Å²) in [5, 5.41) is 0. The van der Waals surface area contributed by atoms with Crippen molar-refractivity contribution in [3.63, 3.8) is 0 Å². The normalized spacial score (nSPS) is 11.3. The molecule has 0 spiro atoms. The van der Waals surface area contributed by atoms with Crippen LogP contribution in [-0.4, -0.2) is 14.7 Å². The Morgan fingerprint density at radius 2 is 1.65 bits per heavy atom. The van der Waals surface area contributed by atoms with E-state index in [-0.39, 0.29) is 0 Å². The molecule has 0 saturated heterocycles. The Labute approximate surface area is 120 Å². The van der Waals surface area contributed by atoms with Crippen molar-refractivity contribution in [2.24, 2.45) is 0 Å². The van der Waals surface area contributed by atoms with Crippen LogP contribution in [0.1, 0.15) is 0 Å². The number of hydrogen-bond acceptors (Lipinski definition) is 3. The first-order valence-corrected chi connectivity index (χ1v) is 8.25. The fourth-order valence-corrected chi connectivity index (χ4v) is 3.36. The molecule has 0 aliphatic heterocycles. The van der Waals surface area contributed by atoms with E-state index in [1.807, 2.05) is 0 Å². The van der Waals surface area contributed by atoms with Crippen molar-refractivity contribution < 1.29 is 17.2 Å². The summed E-state index contributed by atoms with van der Waals surface area (Å²) in [6.45, 7) is 0. The Bertz CT molecular complexity index is 713. The van der Waals surface area contributed by atoms with Gasteiger partial charge < -0.3 is 0 Å². The predicted octanol–water partition coefficient (Wildman–Crippen LogP) is 3.49. The molecule has 1 N–H and O–H groups in total. The van der Waals surface area contributed by atoms with Crippen molar-refractivity contribution in [3.8, 4) is 0 Å². The zero-order chi connectivity index (χ0) is 14.8. The Morgan fingerprint density at radius 1 is 1.05 bits per heavy atom. The molecule has 0 radical (unpaired) electrons. The summed E-state index contributed by atoms with van der Waals surface area (Å²) in [6, 6.07) is 8.93. The first-order chi connectivity index (χ1) is 9.42. The molecule has 0 bridgehead atoms. The average molecular weight is 315 g/mol. The zero-order valence-corrected chi connectivity index (χ0v) is 12.1. The Balaban J connectivity index is 2.41. The van der Waals surface area contributed by atoms with E-state index in [4.69, 9.17) is 0 Å². The van der Waals surface area contributed by atoms with Gasteiger partial charge >= 0.3 is 0 Å². The van der Waals surface area contributed by atoms with Gasteiger partial charge in [-0.15, -0.1) is 11.8 Å². The fraction of sp³-hybridized carbons (Fsp3) is 0.0769. The summed E-state index contributed by atoms with van der Waals surface area (Å²) >= 11 is 1.36. The number of benzene rings is 2. The van der Waals surface area contributed by atoms with Gasteiger partial charge in [-0.05, 0) is 30.5 Å². The number of para-hydroxylation sites is 1.